The maximum Gasteiger partial charge on any atom is 0.162 e. The van der Waals surface area contributed by atoms with E-state index in [0.717, 1.165) is 59.9 Å². The molecule has 3 heterocycles. The molecule has 156 valence electrons. The lowest BCUT2D eigenvalue weighted by molar-refractivity contribution is 0.589. The van der Waals surface area contributed by atoms with Crippen LogP contribution < -0.4 is 15.5 Å². The van der Waals surface area contributed by atoms with Crippen LogP contribution in [0.2, 0.25) is 5.02 Å². The van der Waals surface area contributed by atoms with E-state index >= 15 is 0 Å². The van der Waals surface area contributed by atoms with Crippen molar-refractivity contribution in [3.05, 3.63) is 84.3 Å². The molecule has 6 nitrogen and oxygen atoms in total. The van der Waals surface area contributed by atoms with Gasteiger partial charge >= 0.3 is 0 Å². The van der Waals surface area contributed by atoms with Crippen molar-refractivity contribution in [3.63, 3.8) is 0 Å². The molecule has 1 aliphatic rings. The fourth-order valence-corrected chi connectivity index (χ4v) is 4.05. The average molecular weight is 431 g/mol. The molecule has 1 saturated heterocycles. The van der Waals surface area contributed by atoms with Crippen LogP contribution in [0.4, 0.5) is 11.4 Å². The number of aromatic nitrogens is 3. The van der Waals surface area contributed by atoms with Gasteiger partial charge in [-0.2, -0.15) is 5.10 Å². The minimum absolute atomic E-state index is 0.708. The summed E-state index contributed by atoms with van der Waals surface area (Å²) in [6, 6.07) is 16.1. The van der Waals surface area contributed by atoms with Crippen LogP contribution in [0.25, 0.3) is 22.5 Å². The van der Waals surface area contributed by atoms with Crippen molar-refractivity contribution in [1.82, 2.24) is 19.9 Å². The highest BCUT2D eigenvalue weighted by molar-refractivity contribution is 6.30. The number of benzene rings is 2. The topological polar surface area (TPSA) is 57.5 Å². The quantitative estimate of drug-likeness (QED) is 0.486. The van der Waals surface area contributed by atoms with Crippen LogP contribution in [-0.2, 0) is 0 Å². The molecule has 31 heavy (non-hydrogen) atoms. The number of anilines is 2. The van der Waals surface area contributed by atoms with Crippen molar-refractivity contribution in [2.45, 2.75) is 0 Å². The van der Waals surface area contributed by atoms with Crippen molar-refractivity contribution in [1.29, 1.82) is 0 Å². The van der Waals surface area contributed by atoms with E-state index in [1.54, 1.807) is 4.52 Å². The zero-order valence-electron chi connectivity index (χ0n) is 17.1. The highest BCUT2D eigenvalue weighted by Crippen LogP contribution is 2.29. The predicted octanol–water partition coefficient (Wildman–Crippen LogP) is 4.54. The fourth-order valence-electron chi connectivity index (χ4n) is 3.92. The van der Waals surface area contributed by atoms with Gasteiger partial charge in [0.2, 0.25) is 0 Å². The summed E-state index contributed by atoms with van der Waals surface area (Å²) >= 11 is 6.01. The molecule has 0 saturated carbocycles. The third-order valence-electron chi connectivity index (χ3n) is 5.49. The van der Waals surface area contributed by atoms with E-state index in [4.69, 9.17) is 11.6 Å². The van der Waals surface area contributed by atoms with Gasteiger partial charge in [-0.1, -0.05) is 48.5 Å². The van der Waals surface area contributed by atoms with Crippen LogP contribution >= 0.6 is 11.6 Å². The van der Waals surface area contributed by atoms with Crippen molar-refractivity contribution < 1.29 is 0 Å². The van der Waals surface area contributed by atoms with Crippen LogP contribution in [-0.4, -0.2) is 40.8 Å². The molecular formula is C24H23ClN6. The molecule has 2 N–H and O–H groups in total. The van der Waals surface area contributed by atoms with Crippen LogP contribution in [0.5, 0.6) is 0 Å². The zero-order valence-corrected chi connectivity index (χ0v) is 17.8. The van der Waals surface area contributed by atoms with Gasteiger partial charge in [0.1, 0.15) is 0 Å². The lowest BCUT2D eigenvalue weighted by atomic mass is 10.1. The van der Waals surface area contributed by atoms with E-state index in [0.29, 0.717) is 5.02 Å². The largest absolute Gasteiger partial charge is 0.368 e. The van der Waals surface area contributed by atoms with Gasteiger partial charge in [0.25, 0.3) is 0 Å². The second kappa shape index (κ2) is 8.41. The number of rotatable bonds is 5. The molecule has 0 spiro atoms. The number of nitrogens with one attached hydrogen (secondary N) is 2. The molecule has 2 aromatic heterocycles. The van der Waals surface area contributed by atoms with Gasteiger partial charge in [-0.3, -0.25) is 0 Å². The Kier molecular flexibility index (Phi) is 5.32. The maximum atomic E-state index is 6.01. The summed E-state index contributed by atoms with van der Waals surface area (Å²) in [5, 5.41) is 12.0. The number of fused-ring (bicyclic) bond motifs is 1. The molecule has 2 aromatic carbocycles. The normalized spacial score (nSPS) is 14.0. The van der Waals surface area contributed by atoms with Crippen LogP contribution in [0.15, 0.2) is 73.7 Å². The SMILES string of the molecule is C=C(Nc1cnc2c(-c3ccc(Cl)cc3)cnn2c1)c1ccccc1N1CCNCC1. The van der Waals surface area contributed by atoms with Gasteiger partial charge in [-0.15, -0.1) is 0 Å². The molecular weight excluding hydrogens is 408 g/mol. The van der Waals surface area contributed by atoms with Crippen molar-refractivity contribution >= 4 is 34.3 Å². The highest BCUT2D eigenvalue weighted by atomic mass is 35.5. The molecule has 7 heteroatoms. The Bertz CT molecular complexity index is 1220. The first-order valence-corrected chi connectivity index (χ1v) is 10.7. The van der Waals surface area contributed by atoms with Crippen LogP contribution in [0.3, 0.4) is 0 Å². The van der Waals surface area contributed by atoms with E-state index in [2.05, 4.69) is 50.4 Å². The summed E-state index contributed by atoms with van der Waals surface area (Å²) in [5.74, 6) is 0. The molecule has 5 rings (SSSR count). The molecule has 4 aromatic rings. The van der Waals surface area contributed by atoms with Crippen molar-refractivity contribution in [2.75, 3.05) is 36.4 Å². The smallest absolute Gasteiger partial charge is 0.162 e. The van der Waals surface area contributed by atoms with E-state index in [1.807, 2.05) is 48.9 Å². The number of hydrogen-bond acceptors (Lipinski definition) is 5. The van der Waals surface area contributed by atoms with Crippen molar-refractivity contribution in [2.24, 2.45) is 0 Å². The first-order valence-electron chi connectivity index (χ1n) is 10.3. The Balaban J connectivity index is 1.40. The number of piperazine rings is 1. The summed E-state index contributed by atoms with van der Waals surface area (Å²) in [6.07, 6.45) is 5.57. The fraction of sp³-hybridized carbons (Fsp3) is 0.167. The summed E-state index contributed by atoms with van der Waals surface area (Å²) in [5.41, 5.74) is 6.73. The lowest BCUT2D eigenvalue weighted by Crippen LogP contribution is -2.43. The molecule has 1 aliphatic heterocycles. The minimum atomic E-state index is 0.708. The Morgan fingerprint density at radius 1 is 1.03 bits per heavy atom. The summed E-state index contributed by atoms with van der Waals surface area (Å²) in [4.78, 5) is 7.04. The number of halogens is 1. The van der Waals surface area contributed by atoms with Crippen LogP contribution in [0, 0.1) is 0 Å². The first kappa shape index (κ1) is 19.6. The molecule has 1 fully saturated rings. The van der Waals surface area contributed by atoms with Gasteiger partial charge in [0.15, 0.2) is 5.65 Å². The molecule has 0 amide bonds. The van der Waals surface area contributed by atoms with Gasteiger partial charge in [-0.25, -0.2) is 9.50 Å². The van der Waals surface area contributed by atoms with E-state index < -0.39 is 0 Å². The molecule has 0 unspecified atom stereocenters. The number of nitrogens with zero attached hydrogens (tertiary/aromatic N) is 4. The molecule has 0 atom stereocenters. The highest BCUT2D eigenvalue weighted by Gasteiger charge is 2.16. The third kappa shape index (κ3) is 4.00. The summed E-state index contributed by atoms with van der Waals surface area (Å²) in [6.45, 7) is 8.24. The standard InChI is InChI=1S/C24H23ClN6/c1-17(21-4-2-3-5-23(21)30-12-10-26-11-13-30)29-20-14-27-24-22(15-28-31(24)16-20)18-6-8-19(25)9-7-18/h2-9,14-16,26,29H,1,10-13H2. The Morgan fingerprint density at radius 3 is 2.61 bits per heavy atom. The van der Waals surface area contributed by atoms with E-state index in [9.17, 15) is 0 Å². The zero-order chi connectivity index (χ0) is 21.2. The first-order chi connectivity index (χ1) is 15.2. The number of hydrogen-bond donors (Lipinski definition) is 2. The third-order valence-corrected chi connectivity index (χ3v) is 5.75. The minimum Gasteiger partial charge on any atom is -0.368 e. The molecule has 0 radical (unpaired) electrons. The average Bonchev–Trinajstić information content (AvgIpc) is 3.23. The Labute approximate surface area is 186 Å². The second-order valence-corrected chi connectivity index (χ2v) is 7.97. The Morgan fingerprint density at radius 2 is 1.81 bits per heavy atom. The van der Waals surface area contributed by atoms with Gasteiger partial charge < -0.3 is 15.5 Å². The maximum absolute atomic E-state index is 6.01. The Hall–Kier alpha value is -3.35. The van der Waals surface area contributed by atoms with Gasteiger partial charge in [0.05, 0.1) is 24.3 Å². The monoisotopic (exact) mass is 430 g/mol. The van der Waals surface area contributed by atoms with E-state index in [1.165, 1.54) is 5.69 Å². The summed E-state index contributed by atoms with van der Waals surface area (Å²) in [7, 11) is 0. The molecule has 0 aliphatic carbocycles. The second-order valence-electron chi connectivity index (χ2n) is 7.53. The number of para-hydroxylation sites is 1. The van der Waals surface area contributed by atoms with Gasteiger partial charge in [-0.05, 0) is 23.8 Å². The molecule has 0 bridgehead atoms. The lowest BCUT2D eigenvalue weighted by Gasteiger charge is -2.31. The van der Waals surface area contributed by atoms with Crippen molar-refractivity contribution in [3.8, 4) is 11.1 Å². The summed E-state index contributed by atoms with van der Waals surface area (Å²) < 4.78 is 1.78. The van der Waals surface area contributed by atoms with Crippen LogP contribution in [0.1, 0.15) is 5.56 Å². The van der Waals surface area contributed by atoms with Gasteiger partial charge in [0, 0.05) is 53.7 Å². The predicted molar refractivity (Wildman–Crippen MR) is 128 cm³/mol. The van der Waals surface area contributed by atoms with E-state index in [-0.39, 0.29) is 0 Å².